The van der Waals surface area contributed by atoms with Crippen molar-refractivity contribution in [3.8, 4) is 11.5 Å². The number of carbonyl (C=O) groups excluding carboxylic acids is 2. The largest absolute Gasteiger partial charge is 0.493 e. The Kier molecular flexibility index (Phi) is 10.3. The van der Waals surface area contributed by atoms with Crippen LogP contribution in [0.15, 0.2) is 85.1 Å². The predicted octanol–water partition coefficient (Wildman–Crippen LogP) is 4.10. The van der Waals surface area contributed by atoms with Gasteiger partial charge in [-0.3, -0.25) is 4.79 Å². The summed E-state index contributed by atoms with van der Waals surface area (Å²) in [5.41, 5.74) is 0.943. The van der Waals surface area contributed by atoms with Crippen molar-refractivity contribution in [2.45, 2.75) is 31.3 Å². The Morgan fingerprint density at radius 3 is 2.33 bits per heavy atom. The molecule has 3 rings (SSSR count). The van der Waals surface area contributed by atoms with Crippen LogP contribution in [0.1, 0.15) is 30.4 Å². The van der Waals surface area contributed by atoms with E-state index in [1.54, 1.807) is 21.1 Å². The lowest BCUT2D eigenvalue weighted by atomic mass is 9.66. The quantitative estimate of drug-likeness (QED) is 0.292. The minimum Gasteiger partial charge on any atom is -0.493 e. The van der Waals surface area contributed by atoms with E-state index in [4.69, 9.17) is 18.9 Å². The number of ether oxygens (including phenoxy) is 4. The minimum atomic E-state index is -1.52. The van der Waals surface area contributed by atoms with Gasteiger partial charge in [-0.25, -0.2) is 4.79 Å². The maximum Gasteiger partial charge on any atom is 0.336 e. The normalized spacial score (nSPS) is 20.5. The molecule has 8 nitrogen and oxygen atoms in total. The number of methoxy groups -OCH3 is 2. The molecule has 2 aromatic carbocycles. The van der Waals surface area contributed by atoms with E-state index in [1.165, 1.54) is 12.2 Å². The summed E-state index contributed by atoms with van der Waals surface area (Å²) in [7, 11) is 3.16. The summed E-state index contributed by atoms with van der Waals surface area (Å²) in [6, 6.07) is 14.8. The number of aliphatic hydroxyl groups is 1. The van der Waals surface area contributed by atoms with Gasteiger partial charge in [0.1, 0.15) is 13.2 Å². The van der Waals surface area contributed by atoms with Crippen LogP contribution in [0.2, 0.25) is 0 Å². The molecule has 0 amide bonds. The van der Waals surface area contributed by atoms with Crippen LogP contribution < -0.4 is 14.8 Å². The fraction of sp³-hybridized carbons (Fsp3) is 0.355. The Hall–Kier alpha value is -4.04. The third kappa shape index (κ3) is 7.09. The highest BCUT2D eigenvalue weighted by molar-refractivity contribution is 5.94. The summed E-state index contributed by atoms with van der Waals surface area (Å²) in [5, 5.41) is 15.0. The highest BCUT2D eigenvalue weighted by Crippen LogP contribution is 2.47. The summed E-state index contributed by atoms with van der Waals surface area (Å²) in [4.78, 5) is 26.8. The zero-order chi connectivity index (χ0) is 28.4. The molecule has 0 radical (unpaired) electrons. The first-order valence-electron chi connectivity index (χ1n) is 12.8. The fourth-order valence-electron chi connectivity index (χ4n) is 4.93. The molecule has 39 heavy (non-hydrogen) atoms. The van der Waals surface area contributed by atoms with Gasteiger partial charge >= 0.3 is 11.9 Å². The van der Waals surface area contributed by atoms with Gasteiger partial charge in [-0.1, -0.05) is 61.7 Å². The number of nitrogens with one attached hydrogen (secondary N) is 1. The Morgan fingerprint density at radius 1 is 1.03 bits per heavy atom. The second kappa shape index (κ2) is 13.7. The van der Waals surface area contributed by atoms with E-state index >= 15 is 0 Å². The van der Waals surface area contributed by atoms with Gasteiger partial charge in [-0.2, -0.15) is 0 Å². The Balaban J connectivity index is 2.03. The lowest BCUT2D eigenvalue weighted by Gasteiger charge is -2.43. The van der Waals surface area contributed by atoms with Crippen molar-refractivity contribution in [1.29, 1.82) is 0 Å². The van der Waals surface area contributed by atoms with Gasteiger partial charge in [0, 0.05) is 24.6 Å². The maximum atomic E-state index is 13.5. The monoisotopic (exact) mass is 535 g/mol. The van der Waals surface area contributed by atoms with Crippen molar-refractivity contribution in [3.63, 3.8) is 0 Å². The van der Waals surface area contributed by atoms with Crippen molar-refractivity contribution in [2.75, 3.05) is 34.0 Å². The van der Waals surface area contributed by atoms with E-state index < -0.39 is 29.4 Å². The Labute approximate surface area is 229 Å². The average Bonchev–Trinajstić information content (AvgIpc) is 2.94. The average molecular weight is 536 g/mol. The molecule has 0 fully saturated rings. The maximum absolute atomic E-state index is 13.5. The summed E-state index contributed by atoms with van der Waals surface area (Å²) in [6.45, 7) is 9.27. The molecule has 0 heterocycles. The third-order valence-corrected chi connectivity index (χ3v) is 6.68. The lowest BCUT2D eigenvalue weighted by molar-refractivity contribution is -0.159. The van der Waals surface area contributed by atoms with Crippen LogP contribution >= 0.6 is 0 Å². The smallest absolute Gasteiger partial charge is 0.336 e. The molecule has 0 aliphatic heterocycles. The van der Waals surface area contributed by atoms with Crippen molar-refractivity contribution < 1.29 is 33.6 Å². The highest BCUT2D eigenvalue weighted by Gasteiger charge is 2.52. The molecular formula is C31H37NO7. The molecule has 0 saturated carbocycles. The van der Waals surface area contributed by atoms with Crippen molar-refractivity contribution in [3.05, 3.63) is 96.2 Å². The molecule has 0 saturated heterocycles. The van der Waals surface area contributed by atoms with Crippen LogP contribution in [0.5, 0.6) is 11.5 Å². The van der Waals surface area contributed by atoms with Crippen molar-refractivity contribution >= 4 is 11.9 Å². The molecule has 2 aromatic rings. The minimum absolute atomic E-state index is 0.00470. The van der Waals surface area contributed by atoms with E-state index in [0.29, 0.717) is 35.7 Å². The Bertz CT molecular complexity index is 1200. The molecule has 1 aliphatic rings. The molecule has 0 aromatic heterocycles. The van der Waals surface area contributed by atoms with Crippen LogP contribution in [-0.2, 0) is 25.5 Å². The lowest BCUT2D eigenvalue weighted by Crippen LogP contribution is -2.50. The molecule has 2 N–H and O–H groups in total. The van der Waals surface area contributed by atoms with Crippen molar-refractivity contribution in [1.82, 2.24) is 5.32 Å². The van der Waals surface area contributed by atoms with Gasteiger partial charge in [0.15, 0.2) is 11.5 Å². The summed E-state index contributed by atoms with van der Waals surface area (Å²) in [5.74, 6) is -1.82. The second-order valence-corrected chi connectivity index (χ2v) is 9.46. The standard InChI is InChI=1S/C31H37NO7/c1-6-17-38-29(33)27-23(32-16-15-21-13-14-24(36-4)25(19-21)37-5)20-31(3,35)28(30(34)39-18-7-2)26(27)22-11-9-8-10-12-22/h6-14,19,26,28,32,35H,1-2,15-18,20H2,3-5H3/t26-,28+,31-/m0/s1. The van der Waals surface area contributed by atoms with Gasteiger partial charge < -0.3 is 29.4 Å². The van der Waals surface area contributed by atoms with E-state index in [0.717, 1.165) is 5.56 Å². The van der Waals surface area contributed by atoms with Crippen LogP contribution in [0, 0.1) is 5.92 Å². The number of carbonyl (C=O) groups is 2. The summed E-state index contributed by atoms with van der Waals surface area (Å²) >= 11 is 0. The number of esters is 2. The molecule has 208 valence electrons. The molecule has 3 atom stereocenters. The second-order valence-electron chi connectivity index (χ2n) is 9.46. The third-order valence-electron chi connectivity index (χ3n) is 6.68. The first-order chi connectivity index (χ1) is 18.8. The summed E-state index contributed by atoms with van der Waals surface area (Å²) in [6.07, 6.45) is 3.56. The van der Waals surface area contributed by atoms with Gasteiger partial charge in [0.05, 0.1) is 31.3 Å². The van der Waals surface area contributed by atoms with Crippen LogP contribution in [0.3, 0.4) is 0 Å². The van der Waals surface area contributed by atoms with E-state index in [1.807, 2.05) is 48.5 Å². The first kappa shape index (κ1) is 29.5. The van der Waals surface area contributed by atoms with Crippen molar-refractivity contribution in [2.24, 2.45) is 5.92 Å². The van der Waals surface area contributed by atoms with Gasteiger partial charge in [-0.05, 0) is 36.6 Å². The number of hydrogen-bond acceptors (Lipinski definition) is 8. The number of benzene rings is 2. The first-order valence-corrected chi connectivity index (χ1v) is 12.8. The molecule has 0 unspecified atom stereocenters. The number of hydrogen-bond donors (Lipinski definition) is 2. The van der Waals surface area contributed by atoms with Crippen LogP contribution in [0.4, 0.5) is 0 Å². The highest BCUT2D eigenvalue weighted by atomic mass is 16.5. The van der Waals surface area contributed by atoms with Gasteiger partial charge in [0.2, 0.25) is 0 Å². The Morgan fingerprint density at radius 2 is 1.69 bits per heavy atom. The SMILES string of the molecule is C=CCOC(=O)C1=C(NCCc2ccc(OC)c(OC)c2)C[C@](C)(O)[C@@H](C(=O)OCC=C)[C@H]1c1ccccc1. The number of rotatable bonds is 13. The van der Waals surface area contributed by atoms with Crippen LogP contribution in [-0.4, -0.2) is 56.6 Å². The van der Waals surface area contributed by atoms with E-state index in [2.05, 4.69) is 18.5 Å². The van der Waals surface area contributed by atoms with Gasteiger partial charge in [0.25, 0.3) is 0 Å². The van der Waals surface area contributed by atoms with E-state index in [9.17, 15) is 14.7 Å². The topological polar surface area (TPSA) is 103 Å². The molecule has 1 aliphatic carbocycles. The van der Waals surface area contributed by atoms with Gasteiger partial charge in [-0.15, -0.1) is 0 Å². The molecular weight excluding hydrogens is 498 g/mol. The fourth-order valence-corrected chi connectivity index (χ4v) is 4.93. The molecule has 0 bridgehead atoms. The van der Waals surface area contributed by atoms with Crippen LogP contribution in [0.25, 0.3) is 0 Å². The van der Waals surface area contributed by atoms with E-state index in [-0.39, 0.29) is 25.2 Å². The predicted molar refractivity (Wildman–Crippen MR) is 149 cm³/mol. The molecule has 8 heteroatoms. The zero-order valence-corrected chi connectivity index (χ0v) is 22.8. The summed E-state index contributed by atoms with van der Waals surface area (Å²) < 4.78 is 21.6. The zero-order valence-electron chi connectivity index (χ0n) is 22.8. The molecule has 0 spiro atoms.